The lowest BCUT2D eigenvalue weighted by atomic mass is 9.78. The Kier molecular flexibility index (Phi) is 6.57. The Morgan fingerprint density at radius 3 is 1.91 bits per heavy atom. The van der Waals surface area contributed by atoms with E-state index in [-0.39, 0.29) is 19.0 Å². The molecule has 3 aromatic carbocycles. The minimum absolute atomic E-state index is 0.0652. The van der Waals surface area contributed by atoms with Gasteiger partial charge in [-0.15, -0.1) is 0 Å². The van der Waals surface area contributed by atoms with Gasteiger partial charge in [0.05, 0.1) is 5.56 Å². The van der Waals surface area contributed by atoms with Crippen LogP contribution in [0.15, 0.2) is 66.7 Å². The van der Waals surface area contributed by atoms with Crippen LogP contribution in [0.1, 0.15) is 37.4 Å². The summed E-state index contributed by atoms with van der Waals surface area (Å²) in [6.07, 6.45) is 2.43. The Balaban J connectivity index is 1.47. The van der Waals surface area contributed by atoms with Crippen molar-refractivity contribution in [1.82, 2.24) is 10.2 Å². The Morgan fingerprint density at radius 1 is 0.814 bits per heavy atom. The Labute approximate surface area is 251 Å². The van der Waals surface area contributed by atoms with Crippen LogP contribution in [-0.4, -0.2) is 77.9 Å². The molecule has 3 heterocycles. The van der Waals surface area contributed by atoms with Crippen molar-refractivity contribution in [3.8, 4) is 0 Å². The quantitative estimate of drug-likeness (QED) is 0.265. The van der Waals surface area contributed by atoms with Gasteiger partial charge in [-0.25, -0.2) is 4.79 Å². The minimum Gasteiger partial charge on any atom is -0.441 e. The summed E-state index contributed by atoms with van der Waals surface area (Å²) in [4.78, 5) is 55.8. The number of fused-ring (bicyclic) bond motifs is 6. The highest BCUT2D eigenvalue weighted by atomic mass is 28.3. The molecule has 3 aliphatic rings. The van der Waals surface area contributed by atoms with Crippen molar-refractivity contribution in [2.24, 2.45) is 0 Å². The Bertz CT molecular complexity index is 1680. The average molecular weight is 595 g/mol. The number of hydrogen-bond donors (Lipinski definition) is 1. The molecule has 0 bridgehead atoms. The van der Waals surface area contributed by atoms with E-state index in [1.165, 1.54) is 22.5 Å². The number of benzene rings is 3. The molecule has 43 heavy (non-hydrogen) atoms. The van der Waals surface area contributed by atoms with Crippen molar-refractivity contribution in [2.45, 2.75) is 18.7 Å². The van der Waals surface area contributed by atoms with Gasteiger partial charge < -0.3 is 19.9 Å². The number of carbonyl (C=O) groups is 4. The maximum atomic E-state index is 13.5. The van der Waals surface area contributed by atoms with Crippen LogP contribution < -0.4 is 25.5 Å². The highest BCUT2D eigenvalue weighted by Gasteiger charge is 2.56. The van der Waals surface area contributed by atoms with Crippen LogP contribution >= 0.6 is 0 Å². The number of esters is 1. The molecule has 0 aliphatic carbocycles. The van der Waals surface area contributed by atoms with E-state index in [1.807, 2.05) is 40.3 Å². The number of carbonyl (C=O) groups excluding carboxylic acids is 4. The van der Waals surface area contributed by atoms with E-state index in [1.54, 1.807) is 18.2 Å². The highest BCUT2D eigenvalue weighted by Crippen LogP contribution is 2.49. The fraction of sp³-hybridized carbons (Fsp3) is 0.273. The smallest absolute Gasteiger partial charge is 0.340 e. The van der Waals surface area contributed by atoms with Crippen LogP contribution in [0.5, 0.6) is 0 Å². The second-order valence-corrected chi connectivity index (χ2v) is 16.4. The van der Waals surface area contributed by atoms with Crippen molar-refractivity contribution in [3.63, 3.8) is 0 Å². The Hall–Kier alpha value is -4.70. The van der Waals surface area contributed by atoms with Gasteiger partial charge in [0.15, 0.2) is 5.60 Å². The van der Waals surface area contributed by atoms with Gasteiger partial charge in [-0.1, -0.05) is 25.2 Å². The number of nitrogens with zero attached hydrogens (tertiary/aromatic N) is 3. The second kappa shape index (κ2) is 9.94. The fourth-order valence-corrected chi connectivity index (χ4v) is 9.57. The maximum absolute atomic E-state index is 13.5. The van der Waals surface area contributed by atoms with Gasteiger partial charge in [0.2, 0.25) is 0 Å². The zero-order chi connectivity index (χ0) is 30.8. The molecule has 220 valence electrons. The summed E-state index contributed by atoms with van der Waals surface area (Å²) >= 11 is 0. The van der Waals surface area contributed by atoms with Crippen molar-refractivity contribution >= 4 is 53.5 Å². The molecule has 0 saturated carbocycles. The van der Waals surface area contributed by atoms with Gasteiger partial charge in [-0.05, 0) is 52.8 Å². The van der Waals surface area contributed by atoms with E-state index in [2.05, 4.69) is 52.5 Å². The summed E-state index contributed by atoms with van der Waals surface area (Å²) in [5.74, 6) is -1.61. The molecule has 3 aliphatic heterocycles. The molecule has 0 fully saturated rings. The zero-order valence-electron chi connectivity index (χ0n) is 25.1. The number of ether oxygens (including phenoxy) is 1. The number of hydrogen-bond acceptors (Lipinski definition) is 7. The Morgan fingerprint density at radius 2 is 1.37 bits per heavy atom. The highest BCUT2D eigenvalue weighted by molar-refractivity contribution is 7.01. The lowest BCUT2D eigenvalue weighted by molar-refractivity contribution is -0.136. The van der Waals surface area contributed by atoms with Crippen molar-refractivity contribution in [2.75, 3.05) is 51.1 Å². The largest absolute Gasteiger partial charge is 0.441 e. The molecule has 10 heteroatoms. The molecule has 0 unspecified atom stereocenters. The van der Waals surface area contributed by atoms with E-state index in [4.69, 9.17) is 4.74 Å². The van der Waals surface area contributed by atoms with Crippen molar-refractivity contribution in [1.29, 1.82) is 0 Å². The first kappa shape index (κ1) is 28.4. The number of imide groups is 1. The fourth-order valence-electron chi connectivity index (χ4n) is 6.40. The van der Waals surface area contributed by atoms with E-state index in [0.29, 0.717) is 16.7 Å². The molecular weight excluding hydrogens is 560 g/mol. The molecule has 1 N–H and O–H groups in total. The predicted molar refractivity (Wildman–Crippen MR) is 168 cm³/mol. The predicted octanol–water partition coefficient (Wildman–Crippen LogP) is 2.07. The van der Waals surface area contributed by atoms with Gasteiger partial charge >= 0.3 is 5.97 Å². The maximum Gasteiger partial charge on any atom is 0.340 e. The minimum atomic E-state index is -2.29. The zero-order valence-corrected chi connectivity index (χ0v) is 26.1. The molecular formula is C33H34N4O5Si. The molecule has 0 aromatic heterocycles. The summed E-state index contributed by atoms with van der Waals surface area (Å²) in [6, 6.07) is 17.7. The first-order valence-corrected chi connectivity index (χ1v) is 17.2. The third kappa shape index (κ3) is 4.27. The molecule has 1 spiro atoms. The van der Waals surface area contributed by atoms with Gasteiger partial charge in [0, 0.05) is 87.1 Å². The average Bonchev–Trinajstić information content (AvgIpc) is 3.46. The van der Waals surface area contributed by atoms with Gasteiger partial charge in [0.25, 0.3) is 17.7 Å². The lowest BCUT2D eigenvalue weighted by Gasteiger charge is -2.44. The van der Waals surface area contributed by atoms with E-state index < -0.39 is 31.5 Å². The number of nitrogens with one attached hydrogen (secondary N) is 1. The summed E-state index contributed by atoms with van der Waals surface area (Å²) < 4.78 is 6.45. The lowest BCUT2D eigenvalue weighted by Crippen LogP contribution is -2.63. The molecule has 3 amide bonds. The molecule has 0 radical (unpaired) electrons. The third-order valence-corrected chi connectivity index (χ3v) is 12.3. The van der Waals surface area contributed by atoms with Crippen LogP contribution in [0.3, 0.4) is 0 Å². The van der Waals surface area contributed by atoms with Crippen LogP contribution in [0.25, 0.3) is 0 Å². The summed E-state index contributed by atoms with van der Waals surface area (Å²) in [5, 5.41) is 5.15. The second-order valence-electron chi connectivity index (χ2n) is 12.1. The first-order valence-electron chi connectivity index (χ1n) is 14.2. The number of anilines is 2. The van der Waals surface area contributed by atoms with Gasteiger partial charge in [-0.2, -0.15) is 0 Å². The van der Waals surface area contributed by atoms with Crippen LogP contribution in [0.2, 0.25) is 13.1 Å². The number of rotatable bonds is 6. The molecule has 3 aromatic rings. The van der Waals surface area contributed by atoms with E-state index >= 15 is 0 Å². The third-order valence-electron chi connectivity index (χ3n) is 8.79. The topological polar surface area (TPSA) is 99.3 Å². The SMILES string of the molecule is CN(C)c1ccc2c(c1)[Si](C)(C)c1cc(N(C)C)ccc1C21OC(=O)c2ccc(C(=O)NCCN3C(=O)C=CC3=O)cc21. The van der Waals surface area contributed by atoms with E-state index in [0.717, 1.165) is 27.4 Å². The van der Waals surface area contributed by atoms with Gasteiger partial charge in [-0.3, -0.25) is 19.3 Å². The first-order chi connectivity index (χ1) is 20.4. The summed E-state index contributed by atoms with van der Waals surface area (Å²) in [7, 11) is 5.75. The van der Waals surface area contributed by atoms with Crippen LogP contribution in [0, 0.1) is 0 Å². The molecule has 0 saturated heterocycles. The number of amides is 3. The summed E-state index contributed by atoms with van der Waals surface area (Å²) in [5.41, 5.74) is 4.14. The van der Waals surface area contributed by atoms with Crippen LogP contribution in [-0.2, 0) is 19.9 Å². The molecule has 6 rings (SSSR count). The monoisotopic (exact) mass is 594 g/mol. The van der Waals surface area contributed by atoms with Crippen LogP contribution in [0.4, 0.5) is 11.4 Å². The normalized spacial score (nSPS) is 17.0. The summed E-state index contributed by atoms with van der Waals surface area (Å²) in [6.45, 7) is 4.81. The van der Waals surface area contributed by atoms with Crippen molar-refractivity contribution in [3.05, 3.63) is 94.6 Å². The van der Waals surface area contributed by atoms with Gasteiger partial charge in [0.1, 0.15) is 8.07 Å². The molecule has 0 atom stereocenters. The van der Waals surface area contributed by atoms with E-state index in [9.17, 15) is 19.2 Å². The molecule has 9 nitrogen and oxygen atoms in total. The standard InChI is InChI=1S/C33H34N4O5Si/c1-35(2)21-8-11-24-27(18-21)43(5,6)28-19-22(36(3)4)9-12-25(28)33(24)26-17-20(7-10-23(26)32(41)42-33)31(40)34-15-16-37-29(38)13-14-30(37)39/h7-14,17-19H,15-16H2,1-6H3,(H,34,40). The van der Waals surface area contributed by atoms with Crippen molar-refractivity contribution < 1.29 is 23.9 Å².